The smallest absolute Gasteiger partial charge is 0.233 e. The Bertz CT molecular complexity index is 518. The molecular weight excluding hydrogens is 292 g/mol. The standard InChI is InChI=1S/C18H22N2OS/c19-11-12-22-15-18(21)20(13-16-7-3-1-4-8-16)14-17-9-5-2-6-10-17/h1-10H,11-15,19H2. The summed E-state index contributed by atoms with van der Waals surface area (Å²) >= 11 is 1.59. The lowest BCUT2D eigenvalue weighted by Gasteiger charge is -2.23. The number of benzene rings is 2. The average molecular weight is 314 g/mol. The Morgan fingerprint density at radius 2 is 1.41 bits per heavy atom. The van der Waals surface area contributed by atoms with Gasteiger partial charge in [-0.2, -0.15) is 11.8 Å². The molecule has 0 saturated carbocycles. The molecule has 0 heterocycles. The summed E-state index contributed by atoms with van der Waals surface area (Å²) < 4.78 is 0. The van der Waals surface area contributed by atoms with Crippen LogP contribution in [0.1, 0.15) is 11.1 Å². The topological polar surface area (TPSA) is 46.3 Å². The molecule has 1 amide bonds. The van der Waals surface area contributed by atoms with Crippen LogP contribution in [-0.2, 0) is 17.9 Å². The van der Waals surface area contributed by atoms with Gasteiger partial charge in [-0.25, -0.2) is 0 Å². The molecule has 2 aromatic rings. The van der Waals surface area contributed by atoms with Crippen LogP contribution >= 0.6 is 11.8 Å². The molecule has 2 aromatic carbocycles. The largest absolute Gasteiger partial charge is 0.333 e. The van der Waals surface area contributed by atoms with Crippen molar-refractivity contribution >= 4 is 17.7 Å². The van der Waals surface area contributed by atoms with Crippen LogP contribution in [0.2, 0.25) is 0 Å². The second-order valence-corrected chi connectivity index (χ2v) is 6.17. The van der Waals surface area contributed by atoms with Gasteiger partial charge in [0.1, 0.15) is 0 Å². The maximum absolute atomic E-state index is 12.5. The highest BCUT2D eigenvalue weighted by Gasteiger charge is 2.14. The van der Waals surface area contributed by atoms with Crippen LogP contribution in [0.25, 0.3) is 0 Å². The summed E-state index contributed by atoms with van der Waals surface area (Å²) in [6.45, 7) is 1.88. The van der Waals surface area contributed by atoms with Crippen molar-refractivity contribution in [2.75, 3.05) is 18.1 Å². The van der Waals surface area contributed by atoms with Crippen LogP contribution in [0.15, 0.2) is 60.7 Å². The van der Waals surface area contributed by atoms with Crippen molar-refractivity contribution in [3.05, 3.63) is 71.8 Å². The highest BCUT2D eigenvalue weighted by molar-refractivity contribution is 7.99. The van der Waals surface area contributed by atoms with Crippen LogP contribution < -0.4 is 5.73 Å². The minimum absolute atomic E-state index is 0.158. The Balaban J connectivity index is 2.04. The molecule has 0 unspecified atom stereocenters. The van der Waals surface area contributed by atoms with Gasteiger partial charge in [-0.3, -0.25) is 4.79 Å². The van der Waals surface area contributed by atoms with E-state index in [0.717, 1.165) is 16.9 Å². The third kappa shape index (κ3) is 5.54. The number of amides is 1. The lowest BCUT2D eigenvalue weighted by Crippen LogP contribution is -2.31. The fourth-order valence-electron chi connectivity index (χ4n) is 2.17. The molecular formula is C18H22N2OS. The molecule has 116 valence electrons. The second kappa shape index (κ2) is 9.28. The van der Waals surface area contributed by atoms with E-state index in [1.165, 1.54) is 0 Å². The van der Waals surface area contributed by atoms with Crippen molar-refractivity contribution < 1.29 is 4.79 Å². The number of thioether (sulfide) groups is 1. The van der Waals surface area contributed by atoms with Crippen molar-refractivity contribution in [3.63, 3.8) is 0 Å². The molecule has 2 rings (SSSR count). The van der Waals surface area contributed by atoms with Crippen molar-refractivity contribution in [2.45, 2.75) is 13.1 Å². The first-order chi connectivity index (χ1) is 10.8. The fourth-order valence-corrected chi connectivity index (χ4v) is 2.84. The van der Waals surface area contributed by atoms with Crippen molar-refractivity contribution in [1.29, 1.82) is 0 Å². The Hall–Kier alpha value is -1.78. The summed E-state index contributed by atoms with van der Waals surface area (Å²) in [4.78, 5) is 14.4. The van der Waals surface area contributed by atoms with E-state index in [0.29, 0.717) is 25.4 Å². The number of carbonyl (C=O) groups excluding carboxylic acids is 1. The zero-order chi connectivity index (χ0) is 15.6. The molecule has 0 atom stereocenters. The summed E-state index contributed by atoms with van der Waals surface area (Å²) in [7, 11) is 0. The second-order valence-electron chi connectivity index (χ2n) is 5.06. The lowest BCUT2D eigenvalue weighted by atomic mass is 10.1. The zero-order valence-electron chi connectivity index (χ0n) is 12.7. The Kier molecular flexibility index (Phi) is 7.00. The number of rotatable bonds is 8. The number of hydrogen-bond donors (Lipinski definition) is 1. The van der Waals surface area contributed by atoms with E-state index in [-0.39, 0.29) is 5.91 Å². The molecule has 0 aromatic heterocycles. The Labute approximate surface area is 136 Å². The minimum atomic E-state index is 0.158. The molecule has 0 saturated heterocycles. The molecule has 0 bridgehead atoms. The molecule has 2 N–H and O–H groups in total. The van der Waals surface area contributed by atoms with Crippen molar-refractivity contribution in [3.8, 4) is 0 Å². The number of nitrogens with two attached hydrogens (primary N) is 1. The third-order valence-corrected chi connectivity index (χ3v) is 4.25. The Morgan fingerprint density at radius 1 is 0.909 bits per heavy atom. The third-order valence-electron chi connectivity index (χ3n) is 3.27. The summed E-state index contributed by atoms with van der Waals surface area (Å²) in [6, 6.07) is 20.2. The van der Waals surface area contributed by atoms with Gasteiger partial charge in [-0.05, 0) is 11.1 Å². The van der Waals surface area contributed by atoms with Crippen LogP contribution in [0.3, 0.4) is 0 Å². The van der Waals surface area contributed by atoms with Gasteiger partial charge < -0.3 is 10.6 Å². The van der Waals surface area contributed by atoms with Gasteiger partial charge in [-0.1, -0.05) is 60.7 Å². The van der Waals surface area contributed by atoms with Gasteiger partial charge in [0.25, 0.3) is 0 Å². The van der Waals surface area contributed by atoms with Gasteiger partial charge in [0.05, 0.1) is 5.75 Å². The van der Waals surface area contributed by atoms with Gasteiger partial charge >= 0.3 is 0 Å². The maximum atomic E-state index is 12.5. The lowest BCUT2D eigenvalue weighted by molar-refractivity contribution is -0.129. The van der Waals surface area contributed by atoms with E-state index in [1.54, 1.807) is 11.8 Å². The van der Waals surface area contributed by atoms with E-state index in [2.05, 4.69) is 24.3 Å². The zero-order valence-corrected chi connectivity index (χ0v) is 13.5. The normalized spacial score (nSPS) is 10.4. The van der Waals surface area contributed by atoms with E-state index in [4.69, 9.17) is 5.73 Å². The molecule has 0 radical (unpaired) electrons. The summed E-state index contributed by atoms with van der Waals surface area (Å²) in [6.07, 6.45) is 0. The first kappa shape index (κ1) is 16.6. The SMILES string of the molecule is NCCSCC(=O)N(Cc1ccccc1)Cc1ccccc1. The number of carbonyl (C=O) groups is 1. The summed E-state index contributed by atoms with van der Waals surface area (Å²) in [5.74, 6) is 1.46. The highest BCUT2D eigenvalue weighted by atomic mass is 32.2. The van der Waals surface area contributed by atoms with Crippen LogP contribution in [0, 0.1) is 0 Å². The molecule has 0 aliphatic carbocycles. The van der Waals surface area contributed by atoms with Crippen LogP contribution in [-0.4, -0.2) is 28.9 Å². The molecule has 0 aliphatic rings. The van der Waals surface area contributed by atoms with Gasteiger partial charge in [0.15, 0.2) is 0 Å². The first-order valence-electron chi connectivity index (χ1n) is 7.43. The predicted octanol–water partition coefficient (Wildman–Crippen LogP) is 2.91. The van der Waals surface area contributed by atoms with E-state index in [9.17, 15) is 4.79 Å². The van der Waals surface area contributed by atoms with Gasteiger partial charge in [0, 0.05) is 25.4 Å². The maximum Gasteiger partial charge on any atom is 0.233 e. The molecule has 4 heteroatoms. The summed E-state index contributed by atoms with van der Waals surface area (Å²) in [5.41, 5.74) is 7.79. The number of nitrogens with zero attached hydrogens (tertiary/aromatic N) is 1. The average Bonchev–Trinajstić information content (AvgIpc) is 2.56. The number of hydrogen-bond acceptors (Lipinski definition) is 3. The van der Waals surface area contributed by atoms with Crippen LogP contribution in [0.5, 0.6) is 0 Å². The van der Waals surface area contributed by atoms with E-state index < -0.39 is 0 Å². The van der Waals surface area contributed by atoms with E-state index >= 15 is 0 Å². The molecule has 0 spiro atoms. The first-order valence-corrected chi connectivity index (χ1v) is 8.58. The Morgan fingerprint density at radius 3 is 1.86 bits per heavy atom. The van der Waals surface area contributed by atoms with Gasteiger partial charge in [-0.15, -0.1) is 0 Å². The minimum Gasteiger partial charge on any atom is -0.333 e. The monoisotopic (exact) mass is 314 g/mol. The quantitative estimate of drug-likeness (QED) is 0.762. The molecule has 22 heavy (non-hydrogen) atoms. The van der Waals surface area contributed by atoms with Crippen molar-refractivity contribution in [2.24, 2.45) is 5.73 Å². The fraction of sp³-hybridized carbons (Fsp3) is 0.278. The molecule has 3 nitrogen and oxygen atoms in total. The molecule has 0 aliphatic heterocycles. The summed E-state index contributed by atoms with van der Waals surface area (Å²) in [5, 5.41) is 0. The van der Waals surface area contributed by atoms with Crippen LogP contribution in [0.4, 0.5) is 0 Å². The highest BCUT2D eigenvalue weighted by Crippen LogP contribution is 2.12. The molecule has 0 fully saturated rings. The van der Waals surface area contributed by atoms with Crippen molar-refractivity contribution in [1.82, 2.24) is 4.90 Å². The van der Waals surface area contributed by atoms with E-state index in [1.807, 2.05) is 41.3 Å². The van der Waals surface area contributed by atoms with Gasteiger partial charge in [0.2, 0.25) is 5.91 Å². The predicted molar refractivity (Wildman–Crippen MR) is 93.5 cm³/mol.